The Balaban J connectivity index is 2.02. The summed E-state index contributed by atoms with van der Waals surface area (Å²) in [4.78, 5) is 2.82. The Bertz CT molecular complexity index is 253. The summed E-state index contributed by atoms with van der Waals surface area (Å²) in [5, 5.41) is 3.74. The Labute approximate surface area is 114 Å². The number of nitrogens with one attached hydrogen (secondary N) is 1. The molecule has 5 unspecified atom stereocenters. The third-order valence-corrected chi connectivity index (χ3v) is 5.16. The van der Waals surface area contributed by atoms with E-state index in [1.54, 1.807) is 0 Å². The maximum absolute atomic E-state index is 3.74. The van der Waals surface area contributed by atoms with Gasteiger partial charge in [0.25, 0.3) is 0 Å². The van der Waals surface area contributed by atoms with Gasteiger partial charge in [0.05, 0.1) is 0 Å². The highest BCUT2D eigenvalue weighted by molar-refractivity contribution is 4.93. The third kappa shape index (κ3) is 3.27. The molecule has 1 saturated carbocycles. The summed E-state index contributed by atoms with van der Waals surface area (Å²) >= 11 is 0. The van der Waals surface area contributed by atoms with Crippen LogP contribution in [0.1, 0.15) is 59.8 Å². The number of hydrogen-bond acceptors (Lipinski definition) is 2. The van der Waals surface area contributed by atoms with Crippen LogP contribution in [0.15, 0.2) is 0 Å². The maximum atomic E-state index is 3.74. The van der Waals surface area contributed by atoms with Crippen LogP contribution in [-0.4, -0.2) is 36.1 Å². The number of likely N-dealkylation sites (tertiary alicyclic amines) is 1. The van der Waals surface area contributed by atoms with Gasteiger partial charge >= 0.3 is 0 Å². The molecule has 2 rings (SSSR count). The lowest BCUT2D eigenvalue weighted by Gasteiger charge is -2.48. The minimum atomic E-state index is 0.738. The molecule has 0 aromatic heterocycles. The molecule has 1 aliphatic carbocycles. The van der Waals surface area contributed by atoms with E-state index in [2.05, 4.69) is 37.9 Å². The standard InChI is InChI=1S/C16H32N2/c1-5-17-15-7-6-12(2)11-16(15)18-9-8-13(3)10-14(18)4/h12-17H,5-11H2,1-4H3. The molecule has 18 heavy (non-hydrogen) atoms. The van der Waals surface area contributed by atoms with Gasteiger partial charge in [-0.3, -0.25) is 4.90 Å². The normalized spacial score (nSPS) is 43.0. The van der Waals surface area contributed by atoms with Crippen molar-refractivity contribution in [2.45, 2.75) is 77.9 Å². The Hall–Kier alpha value is -0.0800. The molecule has 1 heterocycles. The summed E-state index contributed by atoms with van der Waals surface area (Å²) in [7, 11) is 0. The minimum absolute atomic E-state index is 0.738. The molecule has 2 heteroatoms. The highest BCUT2D eigenvalue weighted by Gasteiger charge is 2.36. The zero-order chi connectivity index (χ0) is 13.1. The van der Waals surface area contributed by atoms with E-state index in [1.807, 2.05) is 0 Å². The summed E-state index contributed by atoms with van der Waals surface area (Å²) in [5.74, 6) is 1.84. The number of hydrogen-bond donors (Lipinski definition) is 1. The topological polar surface area (TPSA) is 15.3 Å². The van der Waals surface area contributed by atoms with Crippen LogP contribution in [0.2, 0.25) is 0 Å². The second-order valence-corrected chi connectivity index (χ2v) is 6.87. The van der Waals surface area contributed by atoms with Crippen LogP contribution in [0.5, 0.6) is 0 Å². The molecule has 1 N–H and O–H groups in total. The molecule has 0 aromatic rings. The molecule has 2 fully saturated rings. The van der Waals surface area contributed by atoms with Gasteiger partial charge in [-0.05, 0) is 64.0 Å². The van der Waals surface area contributed by atoms with E-state index in [1.165, 1.54) is 38.6 Å². The fourth-order valence-corrected chi connectivity index (χ4v) is 4.14. The number of likely N-dealkylation sites (N-methyl/N-ethyl adjacent to an activating group) is 1. The van der Waals surface area contributed by atoms with Gasteiger partial charge in [0, 0.05) is 18.1 Å². The van der Waals surface area contributed by atoms with E-state index in [0.29, 0.717) is 0 Å². The zero-order valence-electron chi connectivity index (χ0n) is 12.8. The Morgan fingerprint density at radius 2 is 1.72 bits per heavy atom. The fraction of sp³-hybridized carbons (Fsp3) is 1.00. The van der Waals surface area contributed by atoms with Crippen molar-refractivity contribution in [3.8, 4) is 0 Å². The molecule has 106 valence electrons. The Kier molecular flexibility index (Phi) is 5.08. The zero-order valence-corrected chi connectivity index (χ0v) is 12.8. The lowest BCUT2D eigenvalue weighted by atomic mass is 9.80. The first-order valence-electron chi connectivity index (χ1n) is 8.11. The summed E-state index contributed by atoms with van der Waals surface area (Å²) < 4.78 is 0. The quantitative estimate of drug-likeness (QED) is 0.829. The lowest BCUT2D eigenvalue weighted by Crippen LogP contribution is -2.57. The molecule has 0 aromatic carbocycles. The predicted molar refractivity (Wildman–Crippen MR) is 78.8 cm³/mol. The highest BCUT2D eigenvalue weighted by atomic mass is 15.2. The smallest absolute Gasteiger partial charge is 0.0254 e. The van der Waals surface area contributed by atoms with Gasteiger partial charge in [-0.2, -0.15) is 0 Å². The van der Waals surface area contributed by atoms with Crippen molar-refractivity contribution in [3.05, 3.63) is 0 Å². The molecule has 0 spiro atoms. The van der Waals surface area contributed by atoms with Gasteiger partial charge in [-0.15, -0.1) is 0 Å². The summed E-state index contributed by atoms with van der Waals surface area (Å²) in [6.45, 7) is 12.0. The molecular weight excluding hydrogens is 220 g/mol. The van der Waals surface area contributed by atoms with Gasteiger partial charge in [-0.25, -0.2) is 0 Å². The first kappa shape index (κ1) is 14.3. The van der Waals surface area contributed by atoms with Crippen molar-refractivity contribution in [2.24, 2.45) is 11.8 Å². The average molecular weight is 252 g/mol. The molecule has 2 aliphatic rings. The number of piperidine rings is 1. The number of nitrogens with zero attached hydrogens (tertiary/aromatic N) is 1. The van der Waals surface area contributed by atoms with Gasteiger partial charge in [0.2, 0.25) is 0 Å². The minimum Gasteiger partial charge on any atom is -0.313 e. The summed E-state index contributed by atoms with van der Waals surface area (Å²) in [6, 6.07) is 2.31. The number of rotatable bonds is 3. The van der Waals surface area contributed by atoms with Gasteiger partial charge < -0.3 is 5.32 Å². The van der Waals surface area contributed by atoms with Crippen LogP contribution in [0.4, 0.5) is 0 Å². The van der Waals surface area contributed by atoms with Crippen LogP contribution in [-0.2, 0) is 0 Å². The highest BCUT2D eigenvalue weighted by Crippen LogP contribution is 2.33. The summed E-state index contributed by atoms with van der Waals surface area (Å²) in [6.07, 6.45) is 6.97. The first-order chi connectivity index (χ1) is 8.61. The van der Waals surface area contributed by atoms with Crippen molar-refractivity contribution in [1.82, 2.24) is 10.2 Å². The molecule has 5 atom stereocenters. The molecule has 2 nitrogen and oxygen atoms in total. The Morgan fingerprint density at radius 3 is 2.39 bits per heavy atom. The Morgan fingerprint density at radius 1 is 1.00 bits per heavy atom. The SMILES string of the molecule is CCNC1CCC(C)CC1N1CCC(C)CC1C. The van der Waals surface area contributed by atoms with E-state index in [9.17, 15) is 0 Å². The van der Waals surface area contributed by atoms with Gasteiger partial charge in [0.15, 0.2) is 0 Å². The maximum Gasteiger partial charge on any atom is 0.0254 e. The lowest BCUT2D eigenvalue weighted by molar-refractivity contribution is 0.0329. The summed E-state index contributed by atoms with van der Waals surface area (Å²) in [5.41, 5.74) is 0. The third-order valence-electron chi connectivity index (χ3n) is 5.16. The van der Waals surface area contributed by atoms with Gasteiger partial charge in [-0.1, -0.05) is 20.8 Å². The first-order valence-corrected chi connectivity index (χ1v) is 8.11. The van der Waals surface area contributed by atoms with E-state index in [4.69, 9.17) is 0 Å². The van der Waals surface area contributed by atoms with Crippen LogP contribution in [0.3, 0.4) is 0 Å². The fourth-order valence-electron chi connectivity index (χ4n) is 4.14. The second kappa shape index (κ2) is 6.38. The van der Waals surface area contributed by atoms with Crippen LogP contribution >= 0.6 is 0 Å². The van der Waals surface area contributed by atoms with Crippen molar-refractivity contribution >= 4 is 0 Å². The van der Waals surface area contributed by atoms with Crippen molar-refractivity contribution < 1.29 is 0 Å². The molecule has 1 aliphatic heterocycles. The van der Waals surface area contributed by atoms with E-state index >= 15 is 0 Å². The average Bonchev–Trinajstić information content (AvgIpc) is 2.32. The van der Waals surface area contributed by atoms with Gasteiger partial charge in [0.1, 0.15) is 0 Å². The predicted octanol–water partition coefficient (Wildman–Crippen LogP) is 3.27. The van der Waals surface area contributed by atoms with E-state index in [-0.39, 0.29) is 0 Å². The van der Waals surface area contributed by atoms with Crippen molar-refractivity contribution in [3.63, 3.8) is 0 Å². The van der Waals surface area contributed by atoms with Crippen molar-refractivity contribution in [2.75, 3.05) is 13.1 Å². The largest absolute Gasteiger partial charge is 0.313 e. The molecule has 1 saturated heterocycles. The van der Waals surface area contributed by atoms with E-state index in [0.717, 1.165) is 36.5 Å². The van der Waals surface area contributed by atoms with Crippen molar-refractivity contribution in [1.29, 1.82) is 0 Å². The molecule has 0 amide bonds. The van der Waals surface area contributed by atoms with Crippen LogP contribution in [0, 0.1) is 11.8 Å². The van der Waals surface area contributed by atoms with E-state index < -0.39 is 0 Å². The molecular formula is C16H32N2. The van der Waals surface area contributed by atoms with Crippen LogP contribution < -0.4 is 5.32 Å². The van der Waals surface area contributed by atoms with Crippen LogP contribution in [0.25, 0.3) is 0 Å². The molecule has 0 radical (unpaired) electrons. The monoisotopic (exact) mass is 252 g/mol. The second-order valence-electron chi connectivity index (χ2n) is 6.87. The molecule has 0 bridgehead atoms.